The molecule has 0 amide bonds. The zero-order chi connectivity index (χ0) is 22.8. The van der Waals surface area contributed by atoms with Gasteiger partial charge in [-0.25, -0.2) is 18.2 Å². The van der Waals surface area contributed by atoms with Crippen LogP contribution in [0, 0.1) is 12.7 Å². The number of carbonyl (C=O) groups is 1. The summed E-state index contributed by atoms with van der Waals surface area (Å²) in [4.78, 5) is 17.5. The molecule has 168 valence electrons. The first kappa shape index (κ1) is 22.1. The summed E-state index contributed by atoms with van der Waals surface area (Å²) in [6.07, 6.45) is -0.280. The standard InChI is InChI=1S/C23H21F3N2O3S/c1-13-11-27-23(32-13)31-17-9-18(22(25)26)21(24)19(10-17)28-7-6-15-8-14(3-5-20(29)30)2-4-16(15)12-28/h2,4,8-11,22H,3,5-7,12H2,1H3,(H,29,30). The zero-order valence-corrected chi connectivity index (χ0v) is 18.1. The van der Waals surface area contributed by atoms with Crippen molar-refractivity contribution >= 4 is 23.0 Å². The number of benzene rings is 2. The van der Waals surface area contributed by atoms with Crippen LogP contribution in [0.5, 0.6) is 10.9 Å². The van der Waals surface area contributed by atoms with Gasteiger partial charge in [-0.15, -0.1) is 0 Å². The molecule has 0 radical (unpaired) electrons. The van der Waals surface area contributed by atoms with E-state index >= 15 is 4.39 Å². The van der Waals surface area contributed by atoms with Gasteiger partial charge in [0.15, 0.2) is 5.82 Å². The lowest BCUT2D eigenvalue weighted by atomic mass is 9.95. The Hall–Kier alpha value is -3.07. The quantitative estimate of drug-likeness (QED) is 0.474. The summed E-state index contributed by atoms with van der Waals surface area (Å²) >= 11 is 1.28. The van der Waals surface area contributed by atoms with Gasteiger partial charge >= 0.3 is 5.97 Å². The molecule has 0 fully saturated rings. The maximum atomic E-state index is 15.0. The van der Waals surface area contributed by atoms with E-state index in [1.165, 1.54) is 17.4 Å². The molecule has 1 N–H and O–H groups in total. The summed E-state index contributed by atoms with van der Waals surface area (Å²) in [5, 5.41) is 9.17. The van der Waals surface area contributed by atoms with E-state index in [1.54, 1.807) is 11.1 Å². The number of nitrogens with zero attached hydrogens (tertiary/aromatic N) is 2. The Morgan fingerprint density at radius 1 is 1.28 bits per heavy atom. The molecule has 4 rings (SSSR count). The van der Waals surface area contributed by atoms with Gasteiger partial charge in [0, 0.05) is 36.7 Å². The van der Waals surface area contributed by atoms with Gasteiger partial charge in [-0.1, -0.05) is 29.5 Å². The minimum absolute atomic E-state index is 0.0535. The molecular weight excluding hydrogens is 441 g/mol. The monoisotopic (exact) mass is 462 g/mol. The predicted octanol–water partition coefficient (Wildman–Crippen LogP) is 5.90. The third kappa shape index (κ3) is 4.88. The molecule has 1 aliphatic rings. The lowest BCUT2D eigenvalue weighted by Crippen LogP contribution is -2.31. The number of aryl methyl sites for hydroxylation is 2. The molecule has 0 atom stereocenters. The molecule has 0 aliphatic carbocycles. The summed E-state index contributed by atoms with van der Waals surface area (Å²) in [5.74, 6) is -1.70. The Bertz CT molecular complexity index is 1150. The number of rotatable bonds is 7. The SMILES string of the molecule is Cc1cnc(Oc2cc(C(F)F)c(F)c(N3CCc4cc(CCC(=O)O)ccc4C3)c2)s1. The molecule has 32 heavy (non-hydrogen) atoms. The van der Waals surface area contributed by atoms with Crippen LogP contribution in [0.15, 0.2) is 36.5 Å². The average molecular weight is 462 g/mol. The van der Waals surface area contributed by atoms with E-state index in [4.69, 9.17) is 9.84 Å². The largest absolute Gasteiger partial charge is 0.481 e. The highest BCUT2D eigenvalue weighted by atomic mass is 32.1. The van der Waals surface area contributed by atoms with Gasteiger partial charge in [0.05, 0.1) is 11.3 Å². The summed E-state index contributed by atoms with van der Waals surface area (Å²) in [5.41, 5.74) is 2.30. The third-order valence-corrected chi connectivity index (χ3v) is 6.14. The van der Waals surface area contributed by atoms with Crippen molar-refractivity contribution in [3.05, 3.63) is 69.5 Å². The second-order valence-corrected chi connectivity index (χ2v) is 8.85. The smallest absolute Gasteiger partial charge is 0.303 e. The van der Waals surface area contributed by atoms with Crippen LogP contribution in [0.1, 0.15) is 40.0 Å². The number of aromatic nitrogens is 1. The molecule has 2 aromatic carbocycles. The van der Waals surface area contributed by atoms with Gasteiger partial charge in [0.25, 0.3) is 11.6 Å². The van der Waals surface area contributed by atoms with E-state index in [1.807, 2.05) is 25.1 Å². The number of hydrogen-bond acceptors (Lipinski definition) is 5. The second-order valence-electron chi connectivity index (χ2n) is 7.65. The molecule has 1 aromatic heterocycles. The molecule has 0 spiro atoms. The van der Waals surface area contributed by atoms with Crippen molar-refractivity contribution in [2.45, 2.75) is 39.2 Å². The zero-order valence-electron chi connectivity index (χ0n) is 17.3. The highest BCUT2D eigenvalue weighted by molar-refractivity contribution is 7.13. The number of thiazole rings is 1. The van der Waals surface area contributed by atoms with E-state index in [-0.39, 0.29) is 17.9 Å². The molecule has 5 nitrogen and oxygen atoms in total. The van der Waals surface area contributed by atoms with Gasteiger partial charge in [0.2, 0.25) is 0 Å². The van der Waals surface area contributed by atoms with Crippen LogP contribution >= 0.6 is 11.3 Å². The second kappa shape index (κ2) is 9.20. The first-order valence-corrected chi connectivity index (χ1v) is 10.9. The summed E-state index contributed by atoms with van der Waals surface area (Å²) in [6, 6.07) is 8.18. The van der Waals surface area contributed by atoms with Gasteiger partial charge in [-0.2, -0.15) is 0 Å². The fraction of sp³-hybridized carbons (Fsp3) is 0.304. The molecule has 2 heterocycles. The number of hydrogen-bond donors (Lipinski definition) is 1. The average Bonchev–Trinajstić information content (AvgIpc) is 3.17. The molecule has 0 unspecified atom stereocenters. The van der Waals surface area contributed by atoms with E-state index in [0.717, 1.165) is 27.6 Å². The van der Waals surface area contributed by atoms with Gasteiger partial charge in [-0.3, -0.25) is 4.79 Å². The summed E-state index contributed by atoms with van der Waals surface area (Å²) < 4.78 is 47.7. The molecule has 0 saturated heterocycles. The van der Waals surface area contributed by atoms with E-state index in [2.05, 4.69) is 4.98 Å². The summed E-state index contributed by atoms with van der Waals surface area (Å²) in [6.45, 7) is 2.65. The number of halogens is 3. The van der Waals surface area contributed by atoms with Gasteiger partial charge < -0.3 is 14.7 Å². The first-order chi connectivity index (χ1) is 15.3. The Morgan fingerprint density at radius 2 is 2.09 bits per heavy atom. The van der Waals surface area contributed by atoms with Gasteiger partial charge in [0.1, 0.15) is 5.75 Å². The number of carboxylic acids is 1. The highest BCUT2D eigenvalue weighted by Gasteiger charge is 2.25. The fourth-order valence-electron chi connectivity index (χ4n) is 3.75. The van der Waals surface area contributed by atoms with Crippen molar-refractivity contribution in [3.63, 3.8) is 0 Å². The number of fused-ring (bicyclic) bond motifs is 1. The highest BCUT2D eigenvalue weighted by Crippen LogP contribution is 2.38. The Kier molecular flexibility index (Phi) is 6.36. The third-order valence-electron chi connectivity index (χ3n) is 5.35. The van der Waals surface area contributed by atoms with Crippen LogP contribution < -0.4 is 9.64 Å². The van der Waals surface area contributed by atoms with Crippen molar-refractivity contribution in [2.24, 2.45) is 0 Å². The molecular formula is C23H21F3N2O3S. The maximum absolute atomic E-state index is 15.0. The summed E-state index contributed by atoms with van der Waals surface area (Å²) in [7, 11) is 0. The number of aliphatic carboxylic acids is 1. The Morgan fingerprint density at radius 3 is 2.78 bits per heavy atom. The number of anilines is 1. The van der Waals surface area contributed by atoms with Crippen LogP contribution in [0.25, 0.3) is 0 Å². The van der Waals surface area contributed by atoms with Crippen LogP contribution in [0.4, 0.5) is 18.9 Å². The lowest BCUT2D eigenvalue weighted by molar-refractivity contribution is -0.136. The predicted molar refractivity (Wildman–Crippen MR) is 115 cm³/mol. The van der Waals surface area contributed by atoms with Crippen LogP contribution in [-0.4, -0.2) is 22.6 Å². The Labute approximate surface area is 187 Å². The number of ether oxygens (including phenoxy) is 1. The lowest BCUT2D eigenvalue weighted by Gasteiger charge is -2.32. The number of alkyl halides is 2. The van der Waals surface area contributed by atoms with Crippen LogP contribution in [-0.2, 0) is 24.2 Å². The molecule has 9 heteroatoms. The molecule has 3 aromatic rings. The Balaban J connectivity index is 1.61. The topological polar surface area (TPSA) is 62.7 Å². The minimum Gasteiger partial charge on any atom is -0.481 e. The maximum Gasteiger partial charge on any atom is 0.303 e. The van der Waals surface area contributed by atoms with Crippen molar-refractivity contribution in [1.82, 2.24) is 4.98 Å². The van der Waals surface area contributed by atoms with Crippen molar-refractivity contribution in [1.29, 1.82) is 0 Å². The van der Waals surface area contributed by atoms with Gasteiger partial charge in [-0.05, 0) is 42.5 Å². The molecule has 0 saturated carbocycles. The first-order valence-electron chi connectivity index (χ1n) is 10.1. The van der Waals surface area contributed by atoms with Crippen molar-refractivity contribution < 1.29 is 27.8 Å². The normalized spacial score (nSPS) is 13.3. The fourth-order valence-corrected chi connectivity index (χ4v) is 4.38. The van der Waals surface area contributed by atoms with E-state index in [9.17, 15) is 13.6 Å². The minimum atomic E-state index is -2.98. The van der Waals surface area contributed by atoms with Crippen LogP contribution in [0.2, 0.25) is 0 Å². The van der Waals surface area contributed by atoms with Crippen molar-refractivity contribution in [2.75, 3.05) is 11.4 Å². The van der Waals surface area contributed by atoms with Crippen molar-refractivity contribution in [3.8, 4) is 10.9 Å². The molecule has 1 aliphatic heterocycles. The number of carboxylic acid groups (broad SMARTS) is 1. The van der Waals surface area contributed by atoms with E-state index < -0.39 is 23.8 Å². The van der Waals surface area contributed by atoms with E-state index in [0.29, 0.717) is 31.1 Å². The van der Waals surface area contributed by atoms with Crippen LogP contribution in [0.3, 0.4) is 0 Å². The molecule has 0 bridgehead atoms.